The number of nitriles is 1. The number of rotatable bonds is 1. The SMILES string of the molecule is CC(C)(C)OC=O.N#CC=C1CCN1. The first-order valence-corrected chi connectivity index (χ1v) is 4.43. The number of hydrogen-bond donors (Lipinski definition) is 1. The molecule has 1 aliphatic rings. The molecule has 1 N–H and O–H groups in total. The van der Waals surface area contributed by atoms with Gasteiger partial charge in [0.05, 0.1) is 6.07 Å². The van der Waals surface area contributed by atoms with Gasteiger partial charge in [-0.3, -0.25) is 4.79 Å². The largest absolute Gasteiger partial charge is 0.462 e. The van der Waals surface area contributed by atoms with Crippen LogP contribution in [0.25, 0.3) is 0 Å². The van der Waals surface area contributed by atoms with Crippen molar-refractivity contribution >= 4 is 6.47 Å². The van der Waals surface area contributed by atoms with E-state index in [-0.39, 0.29) is 5.60 Å². The van der Waals surface area contributed by atoms with Gasteiger partial charge in [-0.1, -0.05) is 0 Å². The second-order valence-electron chi connectivity index (χ2n) is 3.80. The Labute approximate surface area is 84.6 Å². The van der Waals surface area contributed by atoms with E-state index in [0.717, 1.165) is 18.7 Å². The van der Waals surface area contributed by atoms with Gasteiger partial charge in [-0.15, -0.1) is 0 Å². The zero-order valence-corrected chi connectivity index (χ0v) is 8.83. The molecular weight excluding hydrogens is 180 g/mol. The van der Waals surface area contributed by atoms with Crippen LogP contribution in [0.15, 0.2) is 11.8 Å². The number of carbonyl (C=O) groups excluding carboxylic acids is 1. The Hall–Kier alpha value is -1.50. The van der Waals surface area contributed by atoms with Gasteiger partial charge in [0.15, 0.2) is 0 Å². The molecule has 0 radical (unpaired) electrons. The summed E-state index contributed by atoms with van der Waals surface area (Å²) in [6.45, 7) is 6.96. The van der Waals surface area contributed by atoms with Crippen molar-refractivity contribution in [3.8, 4) is 6.07 Å². The van der Waals surface area contributed by atoms with Crippen molar-refractivity contribution in [3.63, 3.8) is 0 Å². The van der Waals surface area contributed by atoms with Crippen LogP contribution in [0.3, 0.4) is 0 Å². The van der Waals surface area contributed by atoms with Gasteiger partial charge in [0, 0.05) is 24.7 Å². The Morgan fingerprint density at radius 1 is 1.57 bits per heavy atom. The zero-order valence-electron chi connectivity index (χ0n) is 8.83. The van der Waals surface area contributed by atoms with Crippen LogP contribution in [0, 0.1) is 11.3 Å². The lowest BCUT2D eigenvalue weighted by Gasteiger charge is -2.17. The van der Waals surface area contributed by atoms with Crippen LogP contribution in [-0.2, 0) is 9.53 Å². The first kappa shape index (κ1) is 12.5. The van der Waals surface area contributed by atoms with Crippen LogP contribution in [0.4, 0.5) is 0 Å². The third-order valence-electron chi connectivity index (χ3n) is 1.39. The average molecular weight is 196 g/mol. The minimum absolute atomic E-state index is 0.318. The van der Waals surface area contributed by atoms with Gasteiger partial charge < -0.3 is 10.1 Å². The summed E-state index contributed by atoms with van der Waals surface area (Å²) in [5.74, 6) is 0. The van der Waals surface area contributed by atoms with E-state index in [4.69, 9.17) is 5.26 Å². The van der Waals surface area contributed by atoms with Crippen molar-refractivity contribution in [1.29, 1.82) is 5.26 Å². The average Bonchev–Trinajstić information content (AvgIpc) is 1.95. The summed E-state index contributed by atoms with van der Waals surface area (Å²) in [6, 6.07) is 1.95. The molecule has 1 fully saturated rings. The third kappa shape index (κ3) is 7.17. The number of nitrogens with one attached hydrogen (secondary N) is 1. The molecule has 0 aromatic rings. The van der Waals surface area contributed by atoms with Crippen molar-refractivity contribution in [2.24, 2.45) is 0 Å². The molecule has 0 aliphatic carbocycles. The Balaban J connectivity index is 0.000000241. The van der Waals surface area contributed by atoms with Crippen molar-refractivity contribution in [3.05, 3.63) is 11.8 Å². The van der Waals surface area contributed by atoms with Crippen molar-refractivity contribution in [1.82, 2.24) is 5.32 Å². The number of carbonyl (C=O) groups is 1. The maximum atomic E-state index is 9.60. The van der Waals surface area contributed by atoms with Gasteiger partial charge in [0.2, 0.25) is 0 Å². The van der Waals surface area contributed by atoms with Crippen LogP contribution in [0.5, 0.6) is 0 Å². The highest BCUT2D eigenvalue weighted by Crippen LogP contribution is 2.03. The topological polar surface area (TPSA) is 62.1 Å². The van der Waals surface area contributed by atoms with Crippen LogP contribution in [0.2, 0.25) is 0 Å². The summed E-state index contributed by atoms with van der Waals surface area (Å²) in [4.78, 5) is 9.60. The van der Waals surface area contributed by atoms with E-state index in [1.165, 1.54) is 0 Å². The fraction of sp³-hybridized carbons (Fsp3) is 0.600. The lowest BCUT2D eigenvalue weighted by molar-refractivity contribution is -0.138. The molecule has 0 atom stereocenters. The molecule has 14 heavy (non-hydrogen) atoms. The summed E-state index contributed by atoms with van der Waals surface area (Å²) < 4.78 is 4.55. The quantitative estimate of drug-likeness (QED) is 0.508. The normalized spacial score (nSPS) is 16.6. The summed E-state index contributed by atoms with van der Waals surface area (Å²) in [5, 5.41) is 11.0. The minimum Gasteiger partial charge on any atom is -0.462 e. The first-order chi connectivity index (χ1) is 6.49. The summed E-state index contributed by atoms with van der Waals surface area (Å²) in [7, 11) is 0. The van der Waals surface area contributed by atoms with Crippen molar-refractivity contribution < 1.29 is 9.53 Å². The van der Waals surface area contributed by atoms with Gasteiger partial charge >= 0.3 is 0 Å². The molecule has 1 heterocycles. The number of allylic oxidation sites excluding steroid dienone is 1. The van der Waals surface area contributed by atoms with Crippen LogP contribution in [-0.4, -0.2) is 18.6 Å². The Morgan fingerprint density at radius 3 is 2.21 bits per heavy atom. The van der Waals surface area contributed by atoms with Gasteiger partial charge in [-0.2, -0.15) is 5.26 Å². The molecule has 0 spiro atoms. The molecule has 0 unspecified atom stereocenters. The van der Waals surface area contributed by atoms with E-state index >= 15 is 0 Å². The maximum Gasteiger partial charge on any atom is 0.293 e. The molecule has 0 amide bonds. The highest BCUT2D eigenvalue weighted by atomic mass is 16.5. The van der Waals surface area contributed by atoms with E-state index in [1.54, 1.807) is 6.08 Å². The Bertz CT molecular complexity index is 240. The number of nitrogens with zero attached hydrogens (tertiary/aromatic N) is 1. The lowest BCUT2D eigenvalue weighted by atomic mass is 10.2. The molecule has 1 saturated heterocycles. The molecule has 0 bridgehead atoms. The predicted octanol–water partition coefficient (Wildman–Crippen LogP) is 1.35. The fourth-order valence-electron chi connectivity index (χ4n) is 0.615. The van der Waals surface area contributed by atoms with E-state index in [0.29, 0.717) is 6.47 Å². The second kappa shape index (κ2) is 6.03. The van der Waals surface area contributed by atoms with E-state index in [2.05, 4.69) is 10.1 Å². The van der Waals surface area contributed by atoms with Gasteiger partial charge in [-0.25, -0.2) is 0 Å². The Morgan fingerprint density at radius 2 is 2.14 bits per heavy atom. The van der Waals surface area contributed by atoms with Crippen LogP contribution >= 0.6 is 0 Å². The molecule has 1 rings (SSSR count). The molecule has 4 heteroatoms. The van der Waals surface area contributed by atoms with Gasteiger partial charge in [0.25, 0.3) is 6.47 Å². The third-order valence-corrected chi connectivity index (χ3v) is 1.39. The monoisotopic (exact) mass is 196 g/mol. The van der Waals surface area contributed by atoms with Crippen molar-refractivity contribution in [2.75, 3.05) is 6.54 Å². The van der Waals surface area contributed by atoms with Gasteiger partial charge in [0.1, 0.15) is 5.60 Å². The van der Waals surface area contributed by atoms with Crippen LogP contribution < -0.4 is 5.32 Å². The molecule has 4 nitrogen and oxygen atoms in total. The first-order valence-electron chi connectivity index (χ1n) is 4.43. The molecular formula is C10H16N2O2. The smallest absolute Gasteiger partial charge is 0.293 e. The van der Waals surface area contributed by atoms with Crippen LogP contribution in [0.1, 0.15) is 27.2 Å². The van der Waals surface area contributed by atoms with E-state index in [1.807, 2.05) is 26.8 Å². The fourth-order valence-corrected chi connectivity index (χ4v) is 0.615. The minimum atomic E-state index is -0.318. The number of ether oxygens (including phenoxy) is 1. The molecule has 0 saturated carbocycles. The van der Waals surface area contributed by atoms with Gasteiger partial charge in [-0.05, 0) is 20.8 Å². The standard InChI is InChI=1S/C5H6N2.C5H10O2/c6-3-1-5-2-4-7-5;1-5(2,3)7-4-6/h1,7H,2,4H2;4H,1-3H3. The highest BCUT2D eigenvalue weighted by Gasteiger charge is 2.07. The predicted molar refractivity (Wildman–Crippen MR) is 53.2 cm³/mol. The molecule has 0 aromatic heterocycles. The summed E-state index contributed by atoms with van der Waals surface area (Å²) in [5.41, 5.74) is 0.754. The van der Waals surface area contributed by atoms with E-state index in [9.17, 15) is 4.79 Å². The Kier molecular flexibility index (Phi) is 5.38. The lowest BCUT2D eigenvalue weighted by Crippen LogP contribution is -2.27. The maximum absolute atomic E-state index is 9.60. The summed E-state index contributed by atoms with van der Waals surface area (Å²) in [6.07, 6.45) is 2.59. The summed E-state index contributed by atoms with van der Waals surface area (Å²) >= 11 is 0. The highest BCUT2D eigenvalue weighted by molar-refractivity contribution is 5.37. The molecule has 1 aliphatic heterocycles. The van der Waals surface area contributed by atoms with E-state index < -0.39 is 0 Å². The number of hydrogen-bond acceptors (Lipinski definition) is 4. The van der Waals surface area contributed by atoms with Crippen molar-refractivity contribution in [2.45, 2.75) is 32.8 Å². The molecule has 78 valence electrons. The zero-order chi connectivity index (χ0) is 11.0. The molecule has 0 aromatic carbocycles. The second-order valence-corrected chi connectivity index (χ2v) is 3.80.